The fourth-order valence-electron chi connectivity index (χ4n) is 3.71. The lowest BCUT2D eigenvalue weighted by Crippen LogP contribution is -2.27. The van der Waals surface area contributed by atoms with Crippen LogP contribution >= 0.6 is 0 Å². The maximum absolute atomic E-state index is 13.6. The first-order valence-electron chi connectivity index (χ1n) is 7.99. The number of rotatable bonds is 3. The van der Waals surface area contributed by atoms with E-state index in [0.29, 0.717) is 0 Å². The van der Waals surface area contributed by atoms with Gasteiger partial charge in [0.2, 0.25) is 5.91 Å². The third kappa shape index (κ3) is 3.21. The van der Waals surface area contributed by atoms with Crippen molar-refractivity contribution in [3.8, 4) is 0 Å². The Morgan fingerprint density at radius 2 is 1.95 bits per heavy atom. The minimum absolute atomic E-state index is 0.0206. The van der Waals surface area contributed by atoms with Gasteiger partial charge in [-0.25, -0.2) is 8.78 Å². The van der Waals surface area contributed by atoms with E-state index in [4.69, 9.17) is 0 Å². The molecule has 1 saturated carbocycles. The highest BCUT2D eigenvalue weighted by atomic mass is 19.1. The van der Waals surface area contributed by atoms with Crippen LogP contribution in [0.15, 0.2) is 29.8 Å². The zero-order chi connectivity index (χ0) is 15.6. The molecule has 1 aromatic carbocycles. The molecule has 0 atom stereocenters. The average molecular weight is 305 g/mol. The van der Waals surface area contributed by atoms with Gasteiger partial charge in [-0.05, 0) is 49.3 Å². The van der Waals surface area contributed by atoms with Gasteiger partial charge < -0.3 is 5.32 Å². The van der Waals surface area contributed by atoms with E-state index in [9.17, 15) is 13.6 Å². The summed E-state index contributed by atoms with van der Waals surface area (Å²) in [4.78, 5) is 12.2. The van der Waals surface area contributed by atoms with Crippen LogP contribution in [0.5, 0.6) is 0 Å². The Kier molecular flexibility index (Phi) is 4.27. The minimum Gasteiger partial charge on any atom is -0.348 e. The van der Waals surface area contributed by atoms with Gasteiger partial charge in [0.25, 0.3) is 0 Å². The van der Waals surface area contributed by atoms with E-state index in [1.54, 1.807) is 0 Å². The molecule has 3 rings (SSSR count). The fraction of sp³-hybridized carbons (Fsp3) is 0.500. The molecule has 1 aromatic rings. The van der Waals surface area contributed by atoms with Gasteiger partial charge in [0, 0.05) is 17.7 Å². The summed E-state index contributed by atoms with van der Waals surface area (Å²) in [7, 11) is 0. The van der Waals surface area contributed by atoms with Crippen molar-refractivity contribution in [1.29, 1.82) is 0 Å². The zero-order valence-corrected chi connectivity index (χ0v) is 12.6. The van der Waals surface area contributed by atoms with Crippen LogP contribution in [0, 0.1) is 17.0 Å². The maximum atomic E-state index is 13.6. The molecule has 1 N–H and O–H groups in total. The van der Waals surface area contributed by atoms with E-state index >= 15 is 0 Å². The third-order valence-electron chi connectivity index (χ3n) is 5.00. The summed E-state index contributed by atoms with van der Waals surface area (Å²) in [6.07, 6.45) is 10.0. The summed E-state index contributed by atoms with van der Waals surface area (Å²) in [6.45, 7) is 0.0206. The zero-order valence-electron chi connectivity index (χ0n) is 12.6. The Morgan fingerprint density at radius 3 is 2.73 bits per heavy atom. The third-order valence-corrected chi connectivity index (χ3v) is 5.00. The Bertz CT molecular complexity index is 603. The van der Waals surface area contributed by atoms with Crippen molar-refractivity contribution in [2.45, 2.75) is 51.5 Å². The highest BCUT2D eigenvalue weighted by Crippen LogP contribution is 2.48. The molecule has 2 aliphatic carbocycles. The van der Waals surface area contributed by atoms with Crippen LogP contribution < -0.4 is 5.32 Å². The van der Waals surface area contributed by atoms with Crippen LogP contribution in [0.2, 0.25) is 0 Å². The van der Waals surface area contributed by atoms with Crippen molar-refractivity contribution >= 4 is 5.91 Å². The molecule has 0 aliphatic heterocycles. The van der Waals surface area contributed by atoms with Gasteiger partial charge in [-0.15, -0.1) is 0 Å². The number of carbonyl (C=O) groups excluding carboxylic acids is 1. The standard InChI is InChI=1S/C18H21F2NO/c19-15-4-5-16(20)14(10-15)12-21-17(22)13-6-9-18(11-13)7-2-1-3-8-18/h4-6,10H,1-3,7-9,11-12H2,(H,21,22). The Morgan fingerprint density at radius 1 is 1.18 bits per heavy atom. The molecule has 1 spiro atoms. The van der Waals surface area contributed by atoms with Gasteiger partial charge in [0.05, 0.1) is 0 Å². The number of benzene rings is 1. The van der Waals surface area contributed by atoms with Crippen molar-refractivity contribution < 1.29 is 13.6 Å². The predicted molar refractivity (Wildman–Crippen MR) is 81.0 cm³/mol. The Labute approximate surface area is 129 Å². The molecular weight excluding hydrogens is 284 g/mol. The molecule has 1 amide bonds. The van der Waals surface area contributed by atoms with E-state index in [-0.39, 0.29) is 23.4 Å². The molecule has 0 heterocycles. The number of hydrogen-bond donors (Lipinski definition) is 1. The lowest BCUT2D eigenvalue weighted by Gasteiger charge is -2.33. The number of allylic oxidation sites excluding steroid dienone is 1. The molecule has 0 unspecified atom stereocenters. The van der Waals surface area contributed by atoms with Gasteiger partial charge in [-0.2, -0.15) is 0 Å². The number of nitrogens with one attached hydrogen (secondary N) is 1. The minimum atomic E-state index is -0.495. The normalized spacial score (nSPS) is 20.0. The largest absolute Gasteiger partial charge is 0.348 e. The van der Waals surface area contributed by atoms with E-state index in [0.717, 1.165) is 36.6 Å². The molecule has 0 bridgehead atoms. The van der Waals surface area contributed by atoms with Gasteiger partial charge in [0.1, 0.15) is 11.6 Å². The molecule has 118 valence electrons. The van der Waals surface area contributed by atoms with Crippen LogP contribution in [0.25, 0.3) is 0 Å². The summed E-state index contributed by atoms with van der Waals surface area (Å²) in [5.74, 6) is -1.14. The lowest BCUT2D eigenvalue weighted by molar-refractivity contribution is -0.117. The van der Waals surface area contributed by atoms with Crippen molar-refractivity contribution in [1.82, 2.24) is 5.32 Å². The smallest absolute Gasteiger partial charge is 0.247 e. The number of halogens is 2. The highest BCUT2D eigenvalue weighted by molar-refractivity contribution is 5.93. The van der Waals surface area contributed by atoms with Crippen molar-refractivity contribution in [2.24, 2.45) is 5.41 Å². The molecule has 0 aromatic heterocycles. The monoisotopic (exact) mass is 305 g/mol. The van der Waals surface area contributed by atoms with Crippen LogP contribution in [0.1, 0.15) is 50.5 Å². The highest BCUT2D eigenvalue weighted by Gasteiger charge is 2.37. The molecule has 2 aliphatic rings. The summed E-state index contributed by atoms with van der Waals surface area (Å²) in [5, 5.41) is 2.72. The molecular formula is C18H21F2NO. The quantitative estimate of drug-likeness (QED) is 0.888. The second-order valence-electron chi connectivity index (χ2n) is 6.59. The number of amides is 1. The van der Waals surface area contributed by atoms with Crippen LogP contribution in [-0.4, -0.2) is 5.91 Å². The van der Waals surface area contributed by atoms with E-state index in [2.05, 4.69) is 5.32 Å². The van der Waals surface area contributed by atoms with Crippen molar-refractivity contribution in [3.05, 3.63) is 47.0 Å². The summed E-state index contributed by atoms with van der Waals surface area (Å²) in [5.41, 5.74) is 1.27. The first-order valence-corrected chi connectivity index (χ1v) is 7.99. The Balaban J connectivity index is 1.58. The van der Waals surface area contributed by atoms with Crippen molar-refractivity contribution in [3.63, 3.8) is 0 Å². The lowest BCUT2D eigenvalue weighted by atomic mass is 9.72. The van der Waals surface area contributed by atoms with Gasteiger partial charge in [0.15, 0.2) is 0 Å². The molecule has 1 fully saturated rings. The van der Waals surface area contributed by atoms with Gasteiger partial charge >= 0.3 is 0 Å². The van der Waals surface area contributed by atoms with Gasteiger partial charge in [-0.1, -0.05) is 25.3 Å². The molecule has 0 saturated heterocycles. The fourth-order valence-corrected chi connectivity index (χ4v) is 3.71. The number of carbonyl (C=O) groups is 1. The molecule has 4 heteroatoms. The van der Waals surface area contributed by atoms with Crippen LogP contribution in [0.4, 0.5) is 8.78 Å². The van der Waals surface area contributed by atoms with E-state index < -0.39 is 11.6 Å². The SMILES string of the molecule is O=C(NCc1cc(F)ccc1F)C1=CCC2(CCCCC2)C1. The van der Waals surface area contributed by atoms with Crippen molar-refractivity contribution in [2.75, 3.05) is 0 Å². The average Bonchev–Trinajstić information content (AvgIpc) is 2.92. The summed E-state index contributed by atoms with van der Waals surface area (Å²) in [6, 6.07) is 3.29. The second kappa shape index (κ2) is 6.19. The second-order valence-corrected chi connectivity index (χ2v) is 6.59. The van der Waals surface area contributed by atoms with E-state index in [1.165, 1.54) is 32.1 Å². The molecule has 22 heavy (non-hydrogen) atoms. The Hall–Kier alpha value is -1.71. The van der Waals surface area contributed by atoms with E-state index in [1.807, 2.05) is 6.08 Å². The maximum Gasteiger partial charge on any atom is 0.247 e. The molecule has 2 nitrogen and oxygen atoms in total. The number of hydrogen-bond acceptors (Lipinski definition) is 1. The first kappa shape index (κ1) is 15.2. The van der Waals surface area contributed by atoms with Crippen LogP contribution in [0.3, 0.4) is 0 Å². The summed E-state index contributed by atoms with van der Waals surface area (Å²) < 4.78 is 26.7. The topological polar surface area (TPSA) is 29.1 Å². The van der Waals surface area contributed by atoms with Gasteiger partial charge in [-0.3, -0.25) is 4.79 Å². The predicted octanol–water partition coefficient (Wildman–Crippen LogP) is 4.25. The first-order chi connectivity index (χ1) is 10.6. The molecule has 0 radical (unpaired) electrons. The summed E-state index contributed by atoms with van der Waals surface area (Å²) >= 11 is 0. The van der Waals surface area contributed by atoms with Crippen LogP contribution in [-0.2, 0) is 11.3 Å².